The van der Waals surface area contributed by atoms with Crippen molar-refractivity contribution in [1.82, 2.24) is 14.5 Å². The molecular weight excluding hydrogens is 633 g/mol. The number of aliphatic carboxylic acids is 1. The van der Waals surface area contributed by atoms with Gasteiger partial charge < -0.3 is 30.9 Å². The SMILES string of the molecule is CC(=N)N1CCC(Oc2ccc(OCc3nc4cc(C(=N)N)ccc4n3C(N)(C(C)=O)C3CCC(C(=O)O)CC3)cc2)CC1.Cl.Cl. The van der Waals surface area contributed by atoms with Crippen LogP contribution in [0.5, 0.6) is 11.5 Å². The maximum absolute atomic E-state index is 13.4. The van der Waals surface area contributed by atoms with Crippen molar-refractivity contribution in [3.8, 4) is 11.5 Å². The van der Waals surface area contributed by atoms with Crippen LogP contribution in [0.4, 0.5) is 0 Å². The monoisotopic (exact) mass is 675 g/mol. The third kappa shape index (κ3) is 7.56. The molecule has 1 atom stereocenters. The van der Waals surface area contributed by atoms with Crippen molar-refractivity contribution < 1.29 is 24.2 Å². The lowest BCUT2D eigenvalue weighted by Gasteiger charge is -2.41. The summed E-state index contributed by atoms with van der Waals surface area (Å²) < 4.78 is 14.1. The molecule has 5 rings (SSSR count). The van der Waals surface area contributed by atoms with Gasteiger partial charge in [-0.25, -0.2) is 4.98 Å². The number of nitrogen functional groups attached to an aromatic ring is 1. The molecule has 1 saturated heterocycles. The summed E-state index contributed by atoms with van der Waals surface area (Å²) in [7, 11) is 0. The average Bonchev–Trinajstić information content (AvgIpc) is 3.38. The zero-order valence-electron chi connectivity index (χ0n) is 26.0. The van der Waals surface area contributed by atoms with E-state index in [1.54, 1.807) is 29.7 Å². The fraction of sp³-hybridized carbons (Fsp3) is 0.469. The molecule has 250 valence electrons. The van der Waals surface area contributed by atoms with Crippen LogP contribution in [0.2, 0.25) is 0 Å². The number of carboxylic acids is 1. The molecule has 0 amide bonds. The van der Waals surface area contributed by atoms with E-state index >= 15 is 0 Å². The zero-order chi connectivity index (χ0) is 31.6. The van der Waals surface area contributed by atoms with Crippen LogP contribution in [0.25, 0.3) is 11.0 Å². The average molecular weight is 677 g/mol. The van der Waals surface area contributed by atoms with Crippen molar-refractivity contribution in [2.75, 3.05) is 13.1 Å². The summed E-state index contributed by atoms with van der Waals surface area (Å²) in [6, 6.07) is 12.5. The fourth-order valence-electron chi connectivity index (χ4n) is 6.48. The number of nitrogens with two attached hydrogens (primary N) is 2. The third-order valence-corrected chi connectivity index (χ3v) is 9.08. The van der Waals surface area contributed by atoms with E-state index in [4.69, 9.17) is 36.7 Å². The van der Waals surface area contributed by atoms with Gasteiger partial charge in [0.25, 0.3) is 0 Å². The molecule has 12 nitrogen and oxygen atoms in total. The van der Waals surface area contributed by atoms with E-state index in [0.29, 0.717) is 59.7 Å². The van der Waals surface area contributed by atoms with Gasteiger partial charge in [-0.3, -0.25) is 25.0 Å². The van der Waals surface area contributed by atoms with Gasteiger partial charge in [-0.2, -0.15) is 0 Å². The highest BCUT2D eigenvalue weighted by Gasteiger charge is 2.46. The number of halogens is 2. The number of ether oxygens (including phenoxy) is 2. The van der Waals surface area contributed by atoms with E-state index < -0.39 is 17.6 Å². The van der Waals surface area contributed by atoms with Crippen molar-refractivity contribution in [2.45, 2.75) is 70.7 Å². The molecule has 1 unspecified atom stereocenters. The molecule has 1 aliphatic heterocycles. The number of carbonyl (C=O) groups excluding carboxylic acids is 1. The third-order valence-electron chi connectivity index (χ3n) is 9.08. The topological polar surface area (TPSA) is 194 Å². The molecule has 2 fully saturated rings. The molecule has 7 N–H and O–H groups in total. The van der Waals surface area contributed by atoms with Gasteiger partial charge in [0, 0.05) is 37.4 Å². The second-order valence-corrected chi connectivity index (χ2v) is 11.9. The Balaban J connectivity index is 0.00000288. The molecule has 2 aliphatic rings. The number of benzene rings is 2. The molecule has 1 aliphatic carbocycles. The number of aromatic nitrogens is 2. The van der Waals surface area contributed by atoms with Gasteiger partial charge >= 0.3 is 5.97 Å². The lowest BCUT2D eigenvalue weighted by molar-refractivity contribution is -0.143. The number of nitrogens with zero attached hydrogens (tertiary/aromatic N) is 3. The van der Waals surface area contributed by atoms with E-state index in [0.717, 1.165) is 31.7 Å². The smallest absolute Gasteiger partial charge is 0.306 e. The van der Waals surface area contributed by atoms with Crippen LogP contribution >= 0.6 is 24.8 Å². The van der Waals surface area contributed by atoms with E-state index in [1.165, 1.54) is 6.92 Å². The summed E-state index contributed by atoms with van der Waals surface area (Å²) in [4.78, 5) is 31.8. The summed E-state index contributed by atoms with van der Waals surface area (Å²) in [5, 5.41) is 25.2. The standard InChI is InChI=1S/C32H41N7O5.2ClH/c1-19(40)32(36,23-6-3-21(4-7-23)31(41)42)39-28-12-5-22(30(34)35)17-27(28)37-29(39)18-43-24-8-10-25(11-9-24)44-26-13-15-38(16-14-26)20(2)33;;/h5,8-12,17,21,23,26,33H,3-4,6-7,13-16,18,36H2,1-2H3,(H3,34,35)(H,41,42);2*1H. The van der Waals surface area contributed by atoms with Crippen LogP contribution in [0, 0.1) is 22.7 Å². The summed E-state index contributed by atoms with van der Waals surface area (Å²) in [6.07, 6.45) is 3.65. The number of hydrogen-bond acceptors (Lipinski definition) is 8. The zero-order valence-corrected chi connectivity index (χ0v) is 27.7. The number of amidine groups is 2. The van der Waals surface area contributed by atoms with Crippen LogP contribution in [0.15, 0.2) is 42.5 Å². The van der Waals surface area contributed by atoms with Crippen molar-refractivity contribution >= 4 is 59.3 Å². The normalized spacial score (nSPS) is 19.7. The first-order valence-electron chi connectivity index (χ1n) is 15.1. The van der Waals surface area contributed by atoms with E-state index in [9.17, 15) is 14.7 Å². The predicted octanol–water partition coefficient (Wildman–Crippen LogP) is 4.67. The van der Waals surface area contributed by atoms with Gasteiger partial charge in [0.15, 0.2) is 11.4 Å². The number of ketones is 1. The first-order chi connectivity index (χ1) is 21.0. The first kappa shape index (κ1) is 36.6. The summed E-state index contributed by atoms with van der Waals surface area (Å²) in [5.74, 6) is 0.408. The molecule has 14 heteroatoms. The molecule has 0 spiro atoms. The van der Waals surface area contributed by atoms with Crippen LogP contribution in [0.1, 0.15) is 63.8 Å². The molecule has 1 aromatic heterocycles. The second kappa shape index (κ2) is 15.1. The number of Topliss-reactive ketones (excluding diaryl/α,β-unsaturated/α-hetero) is 1. The lowest BCUT2D eigenvalue weighted by Crippen LogP contribution is -2.56. The van der Waals surface area contributed by atoms with Crippen molar-refractivity contribution in [3.63, 3.8) is 0 Å². The van der Waals surface area contributed by atoms with Gasteiger partial charge in [-0.1, -0.05) is 0 Å². The Morgan fingerprint density at radius 3 is 2.13 bits per heavy atom. The Hall–Kier alpha value is -3.87. The Bertz CT molecular complexity index is 1560. The molecular formula is C32H43Cl2N7O5. The summed E-state index contributed by atoms with van der Waals surface area (Å²) >= 11 is 0. The van der Waals surface area contributed by atoms with E-state index in [2.05, 4.69) is 0 Å². The first-order valence-corrected chi connectivity index (χ1v) is 15.1. The van der Waals surface area contributed by atoms with Crippen LogP contribution < -0.4 is 20.9 Å². The largest absolute Gasteiger partial charge is 0.490 e. The van der Waals surface area contributed by atoms with Gasteiger partial charge in [0.1, 0.15) is 35.9 Å². The fourth-order valence-corrected chi connectivity index (χ4v) is 6.48. The molecule has 1 saturated carbocycles. The number of fused-ring (bicyclic) bond motifs is 1. The summed E-state index contributed by atoms with van der Waals surface area (Å²) in [6.45, 7) is 4.89. The van der Waals surface area contributed by atoms with Crippen LogP contribution in [-0.4, -0.2) is 62.2 Å². The molecule has 0 radical (unpaired) electrons. The van der Waals surface area contributed by atoms with Crippen molar-refractivity contribution in [1.29, 1.82) is 10.8 Å². The summed E-state index contributed by atoms with van der Waals surface area (Å²) in [5.41, 5.74) is 12.9. The quantitative estimate of drug-likeness (QED) is 0.150. The van der Waals surface area contributed by atoms with Crippen LogP contribution in [0.3, 0.4) is 0 Å². The minimum Gasteiger partial charge on any atom is -0.490 e. The molecule has 2 heterocycles. The molecule has 2 aromatic carbocycles. The highest BCUT2D eigenvalue weighted by atomic mass is 35.5. The predicted molar refractivity (Wildman–Crippen MR) is 181 cm³/mol. The van der Waals surface area contributed by atoms with E-state index in [1.807, 2.05) is 29.2 Å². The van der Waals surface area contributed by atoms with Crippen molar-refractivity contribution in [2.24, 2.45) is 23.3 Å². The molecule has 0 bridgehead atoms. The van der Waals surface area contributed by atoms with Gasteiger partial charge in [-0.15, -0.1) is 24.8 Å². The molecule has 46 heavy (non-hydrogen) atoms. The number of imidazole rings is 1. The van der Waals surface area contributed by atoms with Crippen molar-refractivity contribution in [3.05, 3.63) is 53.9 Å². The Labute approximate surface area is 280 Å². The number of piperidine rings is 1. The van der Waals surface area contributed by atoms with E-state index in [-0.39, 0.29) is 55.1 Å². The number of likely N-dealkylation sites (tertiary alicyclic amines) is 1. The maximum atomic E-state index is 13.4. The molecule has 3 aromatic rings. The number of rotatable bonds is 10. The Morgan fingerprint density at radius 2 is 1.59 bits per heavy atom. The minimum atomic E-state index is -1.47. The van der Waals surface area contributed by atoms with Gasteiger partial charge in [0.2, 0.25) is 0 Å². The number of nitrogens with one attached hydrogen (secondary N) is 2. The van der Waals surface area contributed by atoms with Gasteiger partial charge in [0.05, 0.1) is 22.8 Å². The lowest BCUT2D eigenvalue weighted by atomic mass is 9.74. The Kier molecular flexibility index (Phi) is 12.0. The number of hydrogen-bond donors (Lipinski definition) is 5. The second-order valence-electron chi connectivity index (χ2n) is 11.9. The van der Waals surface area contributed by atoms with Crippen LogP contribution in [-0.2, 0) is 21.9 Å². The number of carbonyl (C=O) groups is 2. The number of carboxylic acid groups (broad SMARTS) is 1. The minimum absolute atomic E-state index is 0. The Morgan fingerprint density at radius 1 is 0.978 bits per heavy atom. The van der Waals surface area contributed by atoms with Gasteiger partial charge in [-0.05, 0) is 82.0 Å². The highest BCUT2D eigenvalue weighted by molar-refractivity contribution is 5.98. The maximum Gasteiger partial charge on any atom is 0.306 e. The highest BCUT2D eigenvalue weighted by Crippen LogP contribution is 2.40.